The lowest BCUT2D eigenvalue weighted by molar-refractivity contribution is -0.141. The molecule has 3 rings (SSSR count). The van der Waals surface area contributed by atoms with Crippen molar-refractivity contribution in [1.29, 1.82) is 0 Å². The van der Waals surface area contributed by atoms with Gasteiger partial charge in [-0.1, -0.05) is 43.2 Å². The summed E-state index contributed by atoms with van der Waals surface area (Å²) in [5, 5.41) is 3.63. The third-order valence-electron chi connectivity index (χ3n) is 5.35. The molecule has 1 heterocycles. The molecule has 1 aromatic rings. The number of nitrogens with zero attached hydrogens (tertiary/aromatic N) is 1. The largest absolute Gasteiger partial charge is 0.405 e. The average molecular weight is 369 g/mol. The van der Waals surface area contributed by atoms with Crippen LogP contribution in [0.1, 0.15) is 31.2 Å². The molecule has 26 heavy (non-hydrogen) atoms. The van der Waals surface area contributed by atoms with Crippen molar-refractivity contribution in [3.05, 3.63) is 35.9 Å². The van der Waals surface area contributed by atoms with Crippen LogP contribution in [0, 0.1) is 5.92 Å². The van der Waals surface area contributed by atoms with Crippen LogP contribution in [-0.2, 0) is 10.3 Å². The van der Waals surface area contributed by atoms with Crippen LogP contribution in [0.4, 0.5) is 18.0 Å². The Hall–Kier alpha value is -2.09. The minimum absolute atomic E-state index is 0.00910. The first-order valence-electron chi connectivity index (χ1n) is 8.76. The van der Waals surface area contributed by atoms with E-state index in [2.05, 4.69) is 12.1 Å². The van der Waals surface area contributed by atoms with E-state index < -0.39 is 24.7 Å². The molecule has 0 bridgehead atoms. The first-order chi connectivity index (χ1) is 12.3. The number of halogens is 3. The molecule has 2 N–H and O–H groups in total. The highest BCUT2D eigenvalue weighted by Gasteiger charge is 2.55. The van der Waals surface area contributed by atoms with E-state index >= 15 is 0 Å². The SMILES string of the molecule is O=C(CN1C[C@@H]2CCCC[C@]21c1ccccc1)NC(=O)NCC(F)(F)F. The number of nitrogens with one attached hydrogen (secondary N) is 2. The number of urea groups is 1. The number of carbonyl (C=O) groups is 2. The molecule has 2 atom stereocenters. The van der Waals surface area contributed by atoms with E-state index in [0.717, 1.165) is 31.4 Å². The Morgan fingerprint density at radius 2 is 1.92 bits per heavy atom. The number of hydrogen-bond acceptors (Lipinski definition) is 3. The molecule has 0 unspecified atom stereocenters. The maximum Gasteiger partial charge on any atom is 0.405 e. The van der Waals surface area contributed by atoms with Crippen molar-refractivity contribution in [2.24, 2.45) is 5.92 Å². The smallest absolute Gasteiger partial charge is 0.329 e. The highest BCUT2D eigenvalue weighted by Crippen LogP contribution is 2.53. The number of alkyl halides is 3. The zero-order valence-corrected chi connectivity index (χ0v) is 14.3. The number of fused-ring (bicyclic) bond motifs is 1. The lowest BCUT2D eigenvalue weighted by Gasteiger charge is -2.61. The highest BCUT2D eigenvalue weighted by atomic mass is 19.4. The van der Waals surface area contributed by atoms with Crippen molar-refractivity contribution in [3.63, 3.8) is 0 Å². The maximum absolute atomic E-state index is 12.1. The van der Waals surface area contributed by atoms with Crippen LogP contribution in [0.5, 0.6) is 0 Å². The second-order valence-electron chi connectivity index (χ2n) is 6.96. The summed E-state index contributed by atoms with van der Waals surface area (Å²) in [4.78, 5) is 25.6. The van der Waals surface area contributed by atoms with Gasteiger partial charge >= 0.3 is 12.2 Å². The maximum atomic E-state index is 12.1. The molecule has 2 fully saturated rings. The molecule has 5 nitrogen and oxygen atoms in total. The van der Waals surface area contributed by atoms with Gasteiger partial charge in [-0.2, -0.15) is 13.2 Å². The van der Waals surface area contributed by atoms with E-state index in [0.29, 0.717) is 5.92 Å². The first kappa shape index (κ1) is 18.7. The van der Waals surface area contributed by atoms with Gasteiger partial charge in [-0.05, 0) is 24.3 Å². The minimum Gasteiger partial charge on any atom is -0.329 e. The van der Waals surface area contributed by atoms with Crippen molar-refractivity contribution < 1.29 is 22.8 Å². The van der Waals surface area contributed by atoms with Crippen molar-refractivity contribution in [2.45, 2.75) is 37.4 Å². The molecule has 8 heteroatoms. The molecular formula is C18H22F3N3O2. The predicted octanol–water partition coefficient (Wildman–Crippen LogP) is 2.78. The second-order valence-corrected chi connectivity index (χ2v) is 6.96. The van der Waals surface area contributed by atoms with E-state index in [1.807, 2.05) is 28.4 Å². The monoisotopic (exact) mass is 369 g/mol. The second kappa shape index (κ2) is 7.26. The van der Waals surface area contributed by atoms with Crippen LogP contribution in [0.15, 0.2) is 30.3 Å². The first-order valence-corrected chi connectivity index (χ1v) is 8.76. The summed E-state index contributed by atoms with van der Waals surface area (Å²) in [6.45, 7) is -0.719. The number of amides is 3. The quantitative estimate of drug-likeness (QED) is 0.858. The topological polar surface area (TPSA) is 61.4 Å². The van der Waals surface area contributed by atoms with Gasteiger partial charge in [0, 0.05) is 6.54 Å². The van der Waals surface area contributed by atoms with Gasteiger partial charge in [0.2, 0.25) is 5.91 Å². The number of imide groups is 1. The average Bonchev–Trinajstić information content (AvgIpc) is 2.58. The van der Waals surface area contributed by atoms with Gasteiger partial charge in [0.25, 0.3) is 0 Å². The summed E-state index contributed by atoms with van der Waals surface area (Å²) in [7, 11) is 0. The standard InChI is InChI=1S/C18H22F3N3O2/c19-18(20,21)12-22-16(26)23-15(25)11-24-10-14-8-4-5-9-17(14,24)13-6-2-1-3-7-13/h1-3,6-7,14H,4-5,8-12H2,(H2,22,23,25,26)/t14-,17-/m0/s1. The molecule has 1 saturated carbocycles. The molecule has 0 radical (unpaired) electrons. The summed E-state index contributed by atoms with van der Waals surface area (Å²) >= 11 is 0. The Kier molecular flexibility index (Phi) is 5.22. The lowest BCUT2D eigenvalue weighted by atomic mass is 9.62. The Morgan fingerprint density at radius 1 is 1.19 bits per heavy atom. The van der Waals surface area contributed by atoms with Crippen LogP contribution in [-0.4, -0.2) is 42.6 Å². The fraction of sp³-hybridized carbons (Fsp3) is 0.556. The summed E-state index contributed by atoms with van der Waals surface area (Å²) < 4.78 is 36.3. The Labute approximate surface area is 149 Å². The minimum atomic E-state index is -4.51. The summed E-state index contributed by atoms with van der Waals surface area (Å²) in [5.74, 6) is -0.130. The van der Waals surface area contributed by atoms with Crippen LogP contribution >= 0.6 is 0 Å². The normalized spacial score (nSPS) is 25.7. The zero-order chi connectivity index (χ0) is 18.8. The molecule has 0 spiro atoms. The highest BCUT2D eigenvalue weighted by molar-refractivity contribution is 5.95. The van der Waals surface area contributed by atoms with E-state index in [4.69, 9.17) is 0 Å². The van der Waals surface area contributed by atoms with Gasteiger partial charge in [-0.3, -0.25) is 15.0 Å². The molecule has 3 amide bonds. The van der Waals surface area contributed by atoms with E-state index in [9.17, 15) is 22.8 Å². The molecule has 0 aromatic heterocycles. The van der Waals surface area contributed by atoms with Crippen molar-refractivity contribution in [2.75, 3.05) is 19.6 Å². The third kappa shape index (κ3) is 3.85. The van der Waals surface area contributed by atoms with Gasteiger partial charge in [-0.15, -0.1) is 0 Å². The Bertz CT molecular complexity index is 665. The fourth-order valence-electron chi connectivity index (χ4n) is 4.26. The molecular weight excluding hydrogens is 347 g/mol. The van der Waals surface area contributed by atoms with Crippen LogP contribution < -0.4 is 10.6 Å². The van der Waals surface area contributed by atoms with Crippen LogP contribution in [0.2, 0.25) is 0 Å². The number of carbonyl (C=O) groups excluding carboxylic acids is 2. The summed E-state index contributed by atoms with van der Waals surface area (Å²) in [5.41, 5.74) is 0.949. The molecule has 142 valence electrons. The molecule has 1 aliphatic carbocycles. The number of likely N-dealkylation sites (tertiary alicyclic amines) is 1. The van der Waals surface area contributed by atoms with Gasteiger partial charge in [0.15, 0.2) is 0 Å². The predicted molar refractivity (Wildman–Crippen MR) is 89.2 cm³/mol. The van der Waals surface area contributed by atoms with Crippen molar-refractivity contribution >= 4 is 11.9 Å². The molecule has 1 aromatic carbocycles. The lowest BCUT2D eigenvalue weighted by Crippen LogP contribution is -2.67. The van der Waals surface area contributed by atoms with E-state index in [-0.39, 0.29) is 12.1 Å². The van der Waals surface area contributed by atoms with Crippen LogP contribution in [0.25, 0.3) is 0 Å². The molecule has 1 saturated heterocycles. The third-order valence-corrected chi connectivity index (χ3v) is 5.35. The summed E-state index contributed by atoms with van der Waals surface area (Å²) in [6.07, 6.45) is -0.242. The fourth-order valence-corrected chi connectivity index (χ4v) is 4.26. The number of benzene rings is 1. The number of rotatable bonds is 4. The van der Waals surface area contributed by atoms with Crippen molar-refractivity contribution in [1.82, 2.24) is 15.5 Å². The molecule has 1 aliphatic heterocycles. The van der Waals surface area contributed by atoms with E-state index in [1.165, 1.54) is 6.42 Å². The van der Waals surface area contributed by atoms with Gasteiger partial charge in [0.05, 0.1) is 12.1 Å². The Balaban J connectivity index is 1.62. The van der Waals surface area contributed by atoms with Crippen molar-refractivity contribution in [3.8, 4) is 0 Å². The van der Waals surface area contributed by atoms with Gasteiger partial charge in [0.1, 0.15) is 6.54 Å². The summed E-state index contributed by atoms with van der Waals surface area (Å²) in [6, 6.07) is 8.87. The van der Waals surface area contributed by atoms with Gasteiger partial charge in [-0.25, -0.2) is 4.79 Å². The Morgan fingerprint density at radius 3 is 2.58 bits per heavy atom. The molecule has 2 aliphatic rings. The van der Waals surface area contributed by atoms with E-state index in [1.54, 1.807) is 5.32 Å². The number of hydrogen-bond donors (Lipinski definition) is 2. The van der Waals surface area contributed by atoms with Crippen LogP contribution in [0.3, 0.4) is 0 Å². The van der Waals surface area contributed by atoms with Gasteiger partial charge < -0.3 is 5.32 Å². The zero-order valence-electron chi connectivity index (χ0n) is 14.3.